The van der Waals surface area contributed by atoms with E-state index in [2.05, 4.69) is 45.9 Å². The molecule has 1 aromatic heterocycles. The number of aromatic nitrogens is 2. The van der Waals surface area contributed by atoms with Crippen LogP contribution >= 0.6 is 11.5 Å². The van der Waals surface area contributed by atoms with Crippen molar-refractivity contribution in [3.05, 3.63) is 107 Å². The van der Waals surface area contributed by atoms with Gasteiger partial charge in [0, 0.05) is 30.1 Å². The van der Waals surface area contributed by atoms with E-state index in [0.717, 1.165) is 17.0 Å². The quantitative estimate of drug-likeness (QED) is 0.453. The van der Waals surface area contributed by atoms with Crippen LogP contribution in [-0.4, -0.2) is 15.3 Å². The Balaban J connectivity index is 1.37. The molecule has 3 aromatic carbocycles. The van der Waals surface area contributed by atoms with E-state index >= 15 is 0 Å². The zero-order chi connectivity index (χ0) is 20.8. The Morgan fingerprint density at radius 1 is 0.967 bits per heavy atom. The van der Waals surface area contributed by atoms with Gasteiger partial charge in [0.2, 0.25) is 0 Å². The normalized spacial score (nSPS) is 10.6. The van der Waals surface area contributed by atoms with Gasteiger partial charge in [-0.1, -0.05) is 66.2 Å². The number of nitrogens with zero attached hydrogens (tertiary/aromatic N) is 2. The van der Waals surface area contributed by atoms with E-state index in [1.807, 2.05) is 30.3 Å². The molecule has 1 N–H and O–H groups in total. The lowest BCUT2D eigenvalue weighted by Crippen LogP contribution is -2.22. The number of carbonyl (C=O) groups is 1. The summed E-state index contributed by atoms with van der Waals surface area (Å²) in [6, 6.07) is 25.2. The molecule has 30 heavy (non-hydrogen) atoms. The average molecular weight is 416 g/mol. The maximum atomic E-state index is 12.5. The lowest BCUT2D eigenvalue weighted by molar-refractivity contribution is 0.0950. The third-order valence-electron chi connectivity index (χ3n) is 4.53. The van der Waals surface area contributed by atoms with Crippen LogP contribution < -0.4 is 10.1 Å². The number of ether oxygens (including phenoxy) is 1. The van der Waals surface area contributed by atoms with Gasteiger partial charge in [-0.3, -0.25) is 4.79 Å². The Bertz CT molecular complexity index is 1120. The number of hydrogen-bond acceptors (Lipinski definition) is 5. The molecule has 1 amide bonds. The number of hydrogen-bond donors (Lipinski definition) is 1. The number of carbonyl (C=O) groups excluding carboxylic acids is 1. The molecule has 0 unspecified atom stereocenters. The molecule has 5 nitrogen and oxygen atoms in total. The number of aryl methyl sites for hydroxylation is 1. The number of benzene rings is 3. The lowest BCUT2D eigenvalue weighted by Gasteiger charge is -2.07. The van der Waals surface area contributed by atoms with Crippen molar-refractivity contribution >= 4 is 17.4 Å². The van der Waals surface area contributed by atoms with Crippen LogP contribution in [0.15, 0.2) is 78.9 Å². The van der Waals surface area contributed by atoms with E-state index in [4.69, 9.17) is 4.74 Å². The Hall–Kier alpha value is -3.51. The Morgan fingerprint density at radius 2 is 1.77 bits per heavy atom. The standard InChI is InChI=1S/C24H21N3O2S/c1-17-10-12-18(13-11-17)14-22-26-24(30-27-22)29-21-9-5-8-20(15-21)23(28)25-16-19-6-3-2-4-7-19/h2-13,15H,14,16H2,1H3,(H,25,28). The van der Waals surface area contributed by atoms with Gasteiger partial charge in [0.15, 0.2) is 5.82 Å². The summed E-state index contributed by atoms with van der Waals surface area (Å²) in [6.07, 6.45) is 0.655. The summed E-state index contributed by atoms with van der Waals surface area (Å²) < 4.78 is 10.2. The summed E-state index contributed by atoms with van der Waals surface area (Å²) in [5.74, 6) is 1.12. The first-order valence-corrected chi connectivity index (χ1v) is 10.4. The van der Waals surface area contributed by atoms with Crippen LogP contribution in [0.2, 0.25) is 0 Å². The first-order valence-electron chi connectivity index (χ1n) is 9.64. The van der Waals surface area contributed by atoms with E-state index < -0.39 is 0 Å². The number of nitrogens with one attached hydrogen (secondary N) is 1. The molecule has 150 valence electrons. The fourth-order valence-corrected chi connectivity index (χ4v) is 3.49. The second kappa shape index (κ2) is 9.33. The van der Waals surface area contributed by atoms with Crippen molar-refractivity contribution in [2.45, 2.75) is 19.9 Å². The minimum absolute atomic E-state index is 0.151. The highest BCUT2D eigenvalue weighted by Crippen LogP contribution is 2.24. The van der Waals surface area contributed by atoms with Crippen molar-refractivity contribution in [1.29, 1.82) is 0 Å². The topological polar surface area (TPSA) is 64.1 Å². The highest BCUT2D eigenvalue weighted by atomic mass is 32.1. The summed E-state index contributed by atoms with van der Waals surface area (Å²) in [5.41, 5.74) is 3.96. The molecule has 0 atom stereocenters. The van der Waals surface area contributed by atoms with Crippen LogP contribution in [0.3, 0.4) is 0 Å². The zero-order valence-corrected chi connectivity index (χ0v) is 17.4. The highest BCUT2D eigenvalue weighted by Gasteiger charge is 2.10. The summed E-state index contributed by atoms with van der Waals surface area (Å²) in [6.45, 7) is 2.54. The monoisotopic (exact) mass is 415 g/mol. The Morgan fingerprint density at radius 3 is 2.57 bits per heavy atom. The van der Waals surface area contributed by atoms with E-state index in [9.17, 15) is 4.79 Å². The molecule has 0 aliphatic rings. The van der Waals surface area contributed by atoms with Crippen LogP contribution in [0.1, 0.15) is 32.9 Å². The Labute approximate surface area is 179 Å². The molecule has 0 saturated heterocycles. The zero-order valence-electron chi connectivity index (χ0n) is 16.5. The summed E-state index contributed by atoms with van der Waals surface area (Å²) >= 11 is 1.20. The van der Waals surface area contributed by atoms with Gasteiger partial charge in [-0.25, -0.2) is 0 Å². The minimum atomic E-state index is -0.151. The van der Waals surface area contributed by atoms with Crippen molar-refractivity contribution in [2.75, 3.05) is 0 Å². The molecule has 0 aliphatic heterocycles. The van der Waals surface area contributed by atoms with Gasteiger partial charge in [0.1, 0.15) is 5.75 Å². The average Bonchev–Trinajstić information content (AvgIpc) is 3.21. The molecule has 0 bridgehead atoms. The van der Waals surface area contributed by atoms with Gasteiger partial charge in [0.25, 0.3) is 11.1 Å². The molecular weight excluding hydrogens is 394 g/mol. The second-order valence-corrected chi connectivity index (χ2v) is 7.65. The third-order valence-corrected chi connectivity index (χ3v) is 5.16. The van der Waals surface area contributed by atoms with Crippen molar-refractivity contribution in [2.24, 2.45) is 0 Å². The first kappa shape index (κ1) is 19.8. The third kappa shape index (κ3) is 5.30. The predicted octanol–water partition coefficient (Wildman–Crippen LogP) is 5.16. The number of amides is 1. The van der Waals surface area contributed by atoms with Gasteiger partial charge in [-0.05, 0) is 36.2 Å². The van der Waals surface area contributed by atoms with E-state index in [-0.39, 0.29) is 5.91 Å². The molecule has 0 radical (unpaired) electrons. The van der Waals surface area contributed by atoms with Gasteiger partial charge in [-0.15, -0.1) is 0 Å². The maximum absolute atomic E-state index is 12.5. The van der Waals surface area contributed by atoms with Crippen LogP contribution in [0.25, 0.3) is 0 Å². The smallest absolute Gasteiger partial charge is 0.298 e. The minimum Gasteiger partial charge on any atom is -0.430 e. The number of rotatable bonds is 7. The summed E-state index contributed by atoms with van der Waals surface area (Å²) in [5, 5.41) is 3.38. The molecule has 4 rings (SSSR count). The summed E-state index contributed by atoms with van der Waals surface area (Å²) in [4.78, 5) is 16.9. The largest absolute Gasteiger partial charge is 0.430 e. The molecule has 0 aliphatic carbocycles. The molecule has 0 fully saturated rings. The van der Waals surface area contributed by atoms with E-state index in [1.165, 1.54) is 17.1 Å². The SMILES string of the molecule is Cc1ccc(Cc2nsc(Oc3cccc(C(=O)NCc4ccccc4)c3)n2)cc1. The van der Waals surface area contributed by atoms with Crippen molar-refractivity contribution in [3.8, 4) is 10.9 Å². The predicted molar refractivity (Wildman–Crippen MR) is 118 cm³/mol. The fraction of sp³-hybridized carbons (Fsp3) is 0.125. The second-order valence-electron chi connectivity index (χ2n) is 6.94. The molecule has 0 saturated carbocycles. The van der Waals surface area contributed by atoms with Gasteiger partial charge >= 0.3 is 0 Å². The van der Waals surface area contributed by atoms with Crippen LogP contribution in [0.5, 0.6) is 10.9 Å². The maximum Gasteiger partial charge on any atom is 0.298 e. The van der Waals surface area contributed by atoms with Crippen LogP contribution in [0.4, 0.5) is 0 Å². The lowest BCUT2D eigenvalue weighted by atomic mass is 10.1. The van der Waals surface area contributed by atoms with Crippen molar-refractivity contribution < 1.29 is 9.53 Å². The first-order chi connectivity index (χ1) is 14.7. The molecular formula is C24H21N3O2S. The van der Waals surface area contributed by atoms with Crippen LogP contribution in [0, 0.1) is 6.92 Å². The van der Waals surface area contributed by atoms with Crippen molar-refractivity contribution in [1.82, 2.24) is 14.7 Å². The fourth-order valence-electron chi connectivity index (χ4n) is 2.92. The van der Waals surface area contributed by atoms with Crippen LogP contribution in [-0.2, 0) is 13.0 Å². The van der Waals surface area contributed by atoms with Crippen molar-refractivity contribution in [3.63, 3.8) is 0 Å². The van der Waals surface area contributed by atoms with Gasteiger partial charge in [-0.2, -0.15) is 9.36 Å². The molecule has 0 spiro atoms. The van der Waals surface area contributed by atoms with Gasteiger partial charge in [0.05, 0.1) is 0 Å². The molecule has 1 heterocycles. The summed E-state index contributed by atoms with van der Waals surface area (Å²) in [7, 11) is 0. The molecule has 6 heteroatoms. The Kier molecular flexibility index (Phi) is 6.15. The highest BCUT2D eigenvalue weighted by molar-refractivity contribution is 7.07. The van der Waals surface area contributed by atoms with Gasteiger partial charge < -0.3 is 10.1 Å². The van der Waals surface area contributed by atoms with E-state index in [0.29, 0.717) is 29.5 Å². The van der Waals surface area contributed by atoms with E-state index in [1.54, 1.807) is 24.3 Å². The molecule has 4 aromatic rings.